The lowest BCUT2D eigenvalue weighted by atomic mass is 10.1. The molecule has 0 bridgehead atoms. The molecule has 0 spiro atoms. The second-order valence-corrected chi connectivity index (χ2v) is 5.13. The Labute approximate surface area is 118 Å². The van der Waals surface area contributed by atoms with Crippen LogP contribution in [0.1, 0.15) is 25.5 Å². The summed E-state index contributed by atoms with van der Waals surface area (Å²) in [5.41, 5.74) is 1.20. The summed E-state index contributed by atoms with van der Waals surface area (Å²) in [6, 6.07) is 8.60. The molecule has 1 aromatic carbocycles. The van der Waals surface area contributed by atoms with E-state index in [2.05, 4.69) is 30.3 Å². The van der Waals surface area contributed by atoms with Gasteiger partial charge in [-0.3, -0.25) is 4.68 Å². The first-order valence-electron chi connectivity index (χ1n) is 6.85. The van der Waals surface area contributed by atoms with Crippen LogP contribution in [0.3, 0.4) is 0 Å². The normalized spacial score (nSPS) is 16.1. The van der Waals surface area contributed by atoms with Crippen molar-refractivity contribution in [3.63, 3.8) is 0 Å². The zero-order valence-electron chi connectivity index (χ0n) is 11.7. The van der Waals surface area contributed by atoms with Crippen molar-refractivity contribution in [3.8, 4) is 11.5 Å². The topological polar surface area (TPSA) is 48.3 Å². The molecule has 0 saturated carbocycles. The monoisotopic (exact) mass is 273 g/mol. The fraction of sp³-hybridized carbons (Fsp3) is 0.400. The molecule has 2 atom stereocenters. The predicted octanol–water partition coefficient (Wildman–Crippen LogP) is 2.35. The van der Waals surface area contributed by atoms with Gasteiger partial charge in [0.25, 0.3) is 0 Å². The van der Waals surface area contributed by atoms with E-state index in [1.165, 1.54) is 5.56 Å². The van der Waals surface area contributed by atoms with Gasteiger partial charge in [-0.25, -0.2) is 0 Å². The lowest BCUT2D eigenvalue weighted by molar-refractivity contribution is 0.174. The molecule has 2 aromatic rings. The lowest BCUT2D eigenvalue weighted by Gasteiger charge is -2.20. The molecule has 1 N–H and O–H groups in total. The van der Waals surface area contributed by atoms with E-state index in [9.17, 15) is 0 Å². The molecule has 1 aliphatic heterocycles. The molecule has 2 unspecified atom stereocenters. The van der Waals surface area contributed by atoms with Crippen molar-refractivity contribution in [1.82, 2.24) is 15.1 Å². The summed E-state index contributed by atoms with van der Waals surface area (Å²) in [6.45, 7) is 5.47. The van der Waals surface area contributed by atoms with Crippen molar-refractivity contribution in [2.24, 2.45) is 0 Å². The van der Waals surface area contributed by atoms with Gasteiger partial charge < -0.3 is 14.8 Å². The second kappa shape index (κ2) is 5.54. The molecular weight excluding hydrogens is 254 g/mol. The van der Waals surface area contributed by atoms with Crippen LogP contribution in [0.5, 0.6) is 11.5 Å². The van der Waals surface area contributed by atoms with E-state index >= 15 is 0 Å². The number of ether oxygens (including phenoxy) is 2. The highest BCUT2D eigenvalue weighted by Gasteiger charge is 2.16. The zero-order valence-corrected chi connectivity index (χ0v) is 11.7. The number of aromatic nitrogens is 2. The molecule has 0 radical (unpaired) electrons. The third-order valence-electron chi connectivity index (χ3n) is 3.45. The summed E-state index contributed by atoms with van der Waals surface area (Å²) in [7, 11) is 0. The molecule has 0 saturated heterocycles. The van der Waals surface area contributed by atoms with Crippen molar-refractivity contribution in [2.45, 2.75) is 32.5 Å². The van der Waals surface area contributed by atoms with Crippen molar-refractivity contribution < 1.29 is 9.47 Å². The molecule has 1 aromatic heterocycles. The van der Waals surface area contributed by atoms with Crippen molar-refractivity contribution in [3.05, 3.63) is 42.2 Å². The van der Waals surface area contributed by atoms with Gasteiger partial charge in [0.15, 0.2) is 11.5 Å². The molecular formula is C15H19N3O2. The van der Waals surface area contributed by atoms with Gasteiger partial charge in [0.2, 0.25) is 6.79 Å². The third kappa shape index (κ3) is 2.77. The molecule has 20 heavy (non-hydrogen) atoms. The van der Waals surface area contributed by atoms with Gasteiger partial charge in [-0.15, -0.1) is 0 Å². The summed E-state index contributed by atoms with van der Waals surface area (Å²) in [4.78, 5) is 0. The van der Waals surface area contributed by atoms with Gasteiger partial charge in [0, 0.05) is 24.5 Å². The van der Waals surface area contributed by atoms with E-state index in [0.717, 1.165) is 18.0 Å². The van der Waals surface area contributed by atoms with Crippen molar-refractivity contribution in [2.75, 3.05) is 6.79 Å². The standard InChI is InChI=1S/C15H19N3O2/c1-11(9-18-7-3-6-16-18)17-12(2)13-4-5-14-15(8-13)20-10-19-14/h3-8,11-12,17H,9-10H2,1-2H3. The Kier molecular flexibility index (Phi) is 3.60. The number of nitrogens with one attached hydrogen (secondary N) is 1. The SMILES string of the molecule is CC(Cn1cccn1)NC(C)c1ccc2c(c1)OCO2. The Morgan fingerprint density at radius 2 is 2.15 bits per heavy atom. The largest absolute Gasteiger partial charge is 0.454 e. The van der Waals surface area contributed by atoms with Gasteiger partial charge in [0.05, 0.1) is 6.54 Å². The van der Waals surface area contributed by atoms with E-state index in [1.807, 2.05) is 29.1 Å². The van der Waals surface area contributed by atoms with Crippen LogP contribution in [-0.4, -0.2) is 22.6 Å². The molecule has 1 aliphatic rings. The number of benzene rings is 1. The Hall–Kier alpha value is -2.01. The average molecular weight is 273 g/mol. The van der Waals surface area contributed by atoms with E-state index in [-0.39, 0.29) is 6.04 Å². The maximum absolute atomic E-state index is 5.42. The van der Waals surface area contributed by atoms with E-state index in [0.29, 0.717) is 12.8 Å². The molecule has 5 heteroatoms. The fourth-order valence-electron chi connectivity index (χ4n) is 2.45. The van der Waals surface area contributed by atoms with Crippen LogP contribution in [-0.2, 0) is 6.54 Å². The van der Waals surface area contributed by atoms with E-state index in [4.69, 9.17) is 9.47 Å². The quantitative estimate of drug-likeness (QED) is 0.908. The molecule has 3 rings (SSSR count). The second-order valence-electron chi connectivity index (χ2n) is 5.13. The first kappa shape index (κ1) is 13.0. The first-order chi connectivity index (χ1) is 9.72. The van der Waals surface area contributed by atoms with Gasteiger partial charge in [-0.1, -0.05) is 6.07 Å². The Morgan fingerprint density at radius 1 is 1.30 bits per heavy atom. The lowest BCUT2D eigenvalue weighted by Crippen LogP contribution is -2.32. The summed E-state index contributed by atoms with van der Waals surface area (Å²) in [6.07, 6.45) is 3.78. The minimum atomic E-state index is 0.245. The Balaban J connectivity index is 1.62. The highest BCUT2D eigenvalue weighted by molar-refractivity contribution is 5.45. The smallest absolute Gasteiger partial charge is 0.231 e. The highest BCUT2D eigenvalue weighted by atomic mass is 16.7. The van der Waals surface area contributed by atoms with Crippen LogP contribution < -0.4 is 14.8 Å². The van der Waals surface area contributed by atoms with Crippen molar-refractivity contribution in [1.29, 1.82) is 0 Å². The summed E-state index contributed by atoms with van der Waals surface area (Å²) < 4.78 is 12.7. The number of hydrogen-bond acceptors (Lipinski definition) is 4. The molecule has 0 fully saturated rings. The van der Waals surface area contributed by atoms with Crippen molar-refractivity contribution >= 4 is 0 Å². The van der Waals surface area contributed by atoms with Crippen LogP contribution in [0.25, 0.3) is 0 Å². The Bertz CT molecular complexity index is 569. The van der Waals surface area contributed by atoms with Crippen LogP contribution in [0.2, 0.25) is 0 Å². The van der Waals surface area contributed by atoms with Gasteiger partial charge >= 0.3 is 0 Å². The summed E-state index contributed by atoms with van der Waals surface area (Å²) in [5.74, 6) is 1.65. The van der Waals surface area contributed by atoms with Gasteiger partial charge in [-0.2, -0.15) is 5.10 Å². The van der Waals surface area contributed by atoms with Crippen LogP contribution >= 0.6 is 0 Å². The average Bonchev–Trinajstić information content (AvgIpc) is 3.07. The van der Waals surface area contributed by atoms with Crippen LogP contribution in [0.4, 0.5) is 0 Å². The van der Waals surface area contributed by atoms with Crippen LogP contribution in [0.15, 0.2) is 36.7 Å². The first-order valence-corrected chi connectivity index (χ1v) is 6.85. The zero-order chi connectivity index (χ0) is 13.9. The number of fused-ring (bicyclic) bond motifs is 1. The summed E-state index contributed by atoms with van der Waals surface area (Å²) in [5, 5.41) is 7.79. The molecule has 106 valence electrons. The molecule has 5 nitrogen and oxygen atoms in total. The number of hydrogen-bond donors (Lipinski definition) is 1. The molecule has 0 aliphatic carbocycles. The van der Waals surface area contributed by atoms with Gasteiger partial charge in [-0.05, 0) is 37.6 Å². The maximum atomic E-state index is 5.42. The fourth-order valence-corrected chi connectivity index (χ4v) is 2.45. The molecule has 2 heterocycles. The minimum absolute atomic E-state index is 0.245. The minimum Gasteiger partial charge on any atom is -0.454 e. The van der Waals surface area contributed by atoms with Gasteiger partial charge in [0.1, 0.15) is 0 Å². The van der Waals surface area contributed by atoms with Crippen LogP contribution in [0, 0.1) is 0 Å². The maximum Gasteiger partial charge on any atom is 0.231 e. The molecule has 0 amide bonds. The summed E-state index contributed by atoms with van der Waals surface area (Å²) >= 11 is 0. The number of nitrogens with zero attached hydrogens (tertiary/aromatic N) is 2. The predicted molar refractivity (Wildman–Crippen MR) is 75.8 cm³/mol. The third-order valence-corrected chi connectivity index (χ3v) is 3.45. The Morgan fingerprint density at radius 3 is 2.95 bits per heavy atom. The van der Waals surface area contributed by atoms with E-state index in [1.54, 1.807) is 6.20 Å². The highest BCUT2D eigenvalue weighted by Crippen LogP contribution is 2.34. The van der Waals surface area contributed by atoms with E-state index < -0.39 is 0 Å². The number of rotatable bonds is 5.